The van der Waals surface area contributed by atoms with E-state index in [0.29, 0.717) is 4.88 Å². The van der Waals surface area contributed by atoms with Gasteiger partial charge in [0.1, 0.15) is 16.5 Å². The van der Waals surface area contributed by atoms with Gasteiger partial charge in [-0.25, -0.2) is 17.6 Å². The van der Waals surface area contributed by atoms with Crippen molar-refractivity contribution in [3.05, 3.63) is 71.0 Å². The lowest BCUT2D eigenvalue weighted by molar-refractivity contribution is 0.0696. The molecule has 0 amide bonds. The highest BCUT2D eigenvalue weighted by molar-refractivity contribution is 7.92. The van der Waals surface area contributed by atoms with Crippen LogP contribution in [0.1, 0.15) is 10.4 Å². The summed E-state index contributed by atoms with van der Waals surface area (Å²) in [4.78, 5) is 11.1. The monoisotopic (exact) mass is 507 g/mol. The summed E-state index contributed by atoms with van der Waals surface area (Å²) in [6.45, 7) is 0. The number of phenolic OH excluding ortho intramolecular Hbond substituents is 1. The van der Waals surface area contributed by atoms with E-state index in [0.717, 1.165) is 28.3 Å². The van der Waals surface area contributed by atoms with E-state index in [4.69, 9.17) is 16.3 Å². The Bertz CT molecular complexity index is 1480. The van der Waals surface area contributed by atoms with Gasteiger partial charge in [-0.1, -0.05) is 29.8 Å². The van der Waals surface area contributed by atoms with E-state index in [1.807, 2.05) is 24.3 Å². The minimum absolute atomic E-state index is 0.109. The first-order chi connectivity index (χ1) is 15.6. The number of sulfonamides is 1. The van der Waals surface area contributed by atoms with Crippen LogP contribution >= 0.6 is 22.9 Å². The molecular formula is C22H15ClFNO6S2. The Morgan fingerprint density at radius 1 is 1.15 bits per heavy atom. The van der Waals surface area contributed by atoms with E-state index in [-0.39, 0.29) is 17.0 Å². The molecule has 4 aromatic rings. The highest BCUT2D eigenvalue weighted by Crippen LogP contribution is 2.40. The molecule has 0 aliphatic heterocycles. The van der Waals surface area contributed by atoms with Gasteiger partial charge >= 0.3 is 5.97 Å². The van der Waals surface area contributed by atoms with Crippen molar-refractivity contribution in [2.45, 2.75) is 4.90 Å². The predicted octanol–water partition coefficient (Wildman–Crippen LogP) is 5.57. The van der Waals surface area contributed by atoms with Crippen LogP contribution in [-0.4, -0.2) is 31.7 Å². The molecule has 0 saturated heterocycles. The van der Waals surface area contributed by atoms with Gasteiger partial charge in [0.15, 0.2) is 5.75 Å². The van der Waals surface area contributed by atoms with Crippen LogP contribution in [0.2, 0.25) is 5.02 Å². The number of carboxylic acid groups (broad SMARTS) is 1. The van der Waals surface area contributed by atoms with E-state index in [1.54, 1.807) is 6.07 Å². The van der Waals surface area contributed by atoms with E-state index < -0.39 is 43.0 Å². The summed E-state index contributed by atoms with van der Waals surface area (Å²) in [5.74, 6) is -2.99. The number of nitrogens with one attached hydrogen (secondary N) is 1. The second-order valence-electron chi connectivity index (χ2n) is 6.90. The van der Waals surface area contributed by atoms with E-state index in [9.17, 15) is 27.8 Å². The highest BCUT2D eigenvalue weighted by atomic mass is 35.5. The maximum absolute atomic E-state index is 14.9. The SMILES string of the molecule is COc1cc(F)c(-c2cc3ccccc3s2)cc1NS(=O)(=O)c1cc(C(=O)O)cc(Cl)c1O. The number of rotatable bonds is 6. The molecule has 1 aromatic heterocycles. The van der Waals surface area contributed by atoms with Crippen molar-refractivity contribution >= 4 is 54.7 Å². The molecule has 33 heavy (non-hydrogen) atoms. The maximum Gasteiger partial charge on any atom is 0.335 e. The van der Waals surface area contributed by atoms with Crippen LogP contribution in [0.5, 0.6) is 11.5 Å². The molecule has 0 saturated carbocycles. The summed E-state index contributed by atoms with van der Waals surface area (Å²) in [6, 6.07) is 13.3. The fraction of sp³-hybridized carbons (Fsp3) is 0.0455. The van der Waals surface area contributed by atoms with Gasteiger partial charge in [0.2, 0.25) is 0 Å². The minimum Gasteiger partial charge on any atom is -0.505 e. The number of anilines is 1. The van der Waals surface area contributed by atoms with Crippen LogP contribution in [0.25, 0.3) is 20.5 Å². The predicted molar refractivity (Wildman–Crippen MR) is 125 cm³/mol. The van der Waals surface area contributed by atoms with Crippen molar-refractivity contribution in [3.63, 3.8) is 0 Å². The lowest BCUT2D eigenvalue weighted by Crippen LogP contribution is -2.15. The number of carbonyl (C=O) groups is 1. The molecule has 1 heterocycles. The number of ether oxygens (including phenoxy) is 1. The zero-order chi connectivity index (χ0) is 23.9. The van der Waals surface area contributed by atoms with Gasteiger partial charge in [-0.3, -0.25) is 4.72 Å². The third-order valence-corrected chi connectivity index (χ3v) is 7.61. The third kappa shape index (κ3) is 4.32. The summed E-state index contributed by atoms with van der Waals surface area (Å²) < 4.78 is 49.2. The van der Waals surface area contributed by atoms with Crippen molar-refractivity contribution in [2.75, 3.05) is 11.8 Å². The molecule has 0 spiro atoms. The number of halogens is 2. The summed E-state index contributed by atoms with van der Waals surface area (Å²) in [7, 11) is -3.30. The average Bonchev–Trinajstić information content (AvgIpc) is 3.19. The summed E-state index contributed by atoms with van der Waals surface area (Å²) in [6.07, 6.45) is 0. The number of carboxylic acids is 1. The second kappa shape index (κ2) is 8.54. The molecule has 3 aromatic carbocycles. The summed E-state index contributed by atoms with van der Waals surface area (Å²) >= 11 is 7.15. The molecule has 0 radical (unpaired) electrons. The molecule has 0 bridgehead atoms. The standard InChI is InChI=1S/C22H15ClFNO6S2/c1-31-17-10-15(24)13(19-7-11-4-2-3-5-18(11)32-19)9-16(17)25-33(29,30)20-8-12(22(27)28)6-14(23)21(20)26/h2-10,25-26H,1H3,(H,27,28). The fourth-order valence-electron chi connectivity index (χ4n) is 3.21. The third-order valence-electron chi connectivity index (χ3n) is 4.79. The molecule has 0 aliphatic rings. The smallest absolute Gasteiger partial charge is 0.335 e. The first-order valence-electron chi connectivity index (χ1n) is 9.26. The largest absolute Gasteiger partial charge is 0.505 e. The van der Waals surface area contributed by atoms with Gasteiger partial charge in [-0.05, 0) is 35.7 Å². The molecule has 0 unspecified atom stereocenters. The van der Waals surface area contributed by atoms with Crippen molar-refractivity contribution < 1.29 is 32.6 Å². The summed E-state index contributed by atoms with van der Waals surface area (Å²) in [5, 5.41) is 19.8. The minimum atomic E-state index is -4.54. The number of fused-ring (bicyclic) bond motifs is 1. The van der Waals surface area contributed by atoms with Crippen molar-refractivity contribution in [1.29, 1.82) is 0 Å². The Morgan fingerprint density at radius 3 is 2.55 bits per heavy atom. The van der Waals surface area contributed by atoms with Crippen LogP contribution in [0, 0.1) is 5.82 Å². The van der Waals surface area contributed by atoms with Gasteiger partial charge < -0.3 is 14.9 Å². The fourth-order valence-corrected chi connectivity index (χ4v) is 5.77. The van der Waals surface area contributed by atoms with Crippen molar-refractivity contribution in [2.24, 2.45) is 0 Å². The number of phenols is 1. The summed E-state index contributed by atoms with van der Waals surface area (Å²) in [5.41, 5.74) is -0.408. The molecule has 170 valence electrons. The number of aromatic hydroxyl groups is 1. The molecule has 11 heteroatoms. The zero-order valence-corrected chi connectivity index (χ0v) is 19.2. The number of thiophene rings is 1. The Balaban J connectivity index is 1.82. The average molecular weight is 508 g/mol. The highest BCUT2D eigenvalue weighted by Gasteiger charge is 2.26. The second-order valence-corrected chi connectivity index (χ2v) is 10.0. The van der Waals surface area contributed by atoms with E-state index in [2.05, 4.69) is 4.72 Å². The number of aromatic carboxylic acids is 1. The van der Waals surface area contributed by atoms with Gasteiger partial charge in [-0.2, -0.15) is 0 Å². The van der Waals surface area contributed by atoms with Crippen LogP contribution in [0.15, 0.2) is 59.5 Å². The Labute approximate surface area is 196 Å². The quantitative estimate of drug-likeness (QED) is 0.314. The lowest BCUT2D eigenvalue weighted by atomic mass is 10.1. The molecule has 0 aliphatic carbocycles. The number of benzene rings is 3. The first-order valence-corrected chi connectivity index (χ1v) is 11.9. The topological polar surface area (TPSA) is 113 Å². The Hall–Kier alpha value is -3.34. The van der Waals surface area contributed by atoms with Gasteiger partial charge in [0.25, 0.3) is 10.0 Å². The normalized spacial score (nSPS) is 11.5. The lowest BCUT2D eigenvalue weighted by Gasteiger charge is -2.15. The Morgan fingerprint density at radius 2 is 1.88 bits per heavy atom. The van der Waals surface area contributed by atoms with E-state index in [1.165, 1.54) is 24.5 Å². The molecule has 7 nitrogen and oxygen atoms in total. The first kappa shape index (κ1) is 22.8. The van der Waals surface area contributed by atoms with Gasteiger partial charge in [0, 0.05) is 21.2 Å². The zero-order valence-electron chi connectivity index (χ0n) is 16.8. The molecule has 3 N–H and O–H groups in total. The molecule has 0 atom stereocenters. The van der Waals surface area contributed by atoms with Crippen molar-refractivity contribution in [3.8, 4) is 21.9 Å². The molecule has 4 rings (SSSR count). The Kier molecular flexibility index (Phi) is 5.91. The van der Waals surface area contributed by atoms with Crippen LogP contribution in [-0.2, 0) is 10.0 Å². The van der Waals surface area contributed by atoms with Crippen LogP contribution in [0.3, 0.4) is 0 Å². The van der Waals surface area contributed by atoms with Gasteiger partial charge in [0.05, 0.1) is 23.4 Å². The molecular weight excluding hydrogens is 493 g/mol. The van der Waals surface area contributed by atoms with Gasteiger partial charge in [-0.15, -0.1) is 11.3 Å². The van der Waals surface area contributed by atoms with Crippen molar-refractivity contribution in [1.82, 2.24) is 0 Å². The van der Waals surface area contributed by atoms with Crippen LogP contribution < -0.4 is 9.46 Å². The molecule has 0 fully saturated rings. The number of hydrogen-bond donors (Lipinski definition) is 3. The van der Waals surface area contributed by atoms with Crippen LogP contribution in [0.4, 0.5) is 10.1 Å². The van der Waals surface area contributed by atoms with E-state index >= 15 is 0 Å². The maximum atomic E-state index is 14.9. The number of methoxy groups -OCH3 is 1. The number of hydrogen-bond acceptors (Lipinski definition) is 6.